The normalized spacial score (nSPS) is 10.5. The van der Waals surface area contributed by atoms with E-state index < -0.39 is 5.82 Å². The molecule has 110 valence electrons. The average Bonchev–Trinajstić information content (AvgIpc) is 2.47. The highest BCUT2D eigenvalue weighted by molar-refractivity contribution is 9.10. The third-order valence-corrected chi connectivity index (χ3v) is 3.96. The maximum absolute atomic E-state index is 13.6. The second-order valence-electron chi connectivity index (χ2n) is 4.69. The number of amides is 1. The summed E-state index contributed by atoms with van der Waals surface area (Å²) in [5, 5.41) is 0. The van der Waals surface area contributed by atoms with Crippen molar-refractivity contribution >= 4 is 21.8 Å². The van der Waals surface area contributed by atoms with Gasteiger partial charge in [0.1, 0.15) is 5.82 Å². The Hall–Kier alpha value is -1.75. The fourth-order valence-corrected chi connectivity index (χ4v) is 2.48. The molecule has 0 atom stereocenters. The highest BCUT2D eigenvalue weighted by Gasteiger charge is 2.19. The number of pyridine rings is 1. The van der Waals surface area contributed by atoms with Crippen molar-refractivity contribution in [3.63, 3.8) is 0 Å². The topological polar surface area (TPSA) is 33.2 Å². The highest BCUT2D eigenvalue weighted by atomic mass is 79.9. The molecule has 0 aliphatic rings. The van der Waals surface area contributed by atoms with Crippen molar-refractivity contribution in [2.75, 3.05) is 6.54 Å². The van der Waals surface area contributed by atoms with Crippen LogP contribution in [0.25, 0.3) is 0 Å². The molecule has 0 fully saturated rings. The van der Waals surface area contributed by atoms with Gasteiger partial charge < -0.3 is 4.90 Å². The Labute approximate surface area is 131 Å². The molecular formula is C16H16BrFN2O. The third kappa shape index (κ3) is 3.67. The van der Waals surface area contributed by atoms with Crippen LogP contribution in [-0.4, -0.2) is 22.3 Å². The predicted molar refractivity (Wildman–Crippen MR) is 83.5 cm³/mol. The van der Waals surface area contributed by atoms with E-state index in [1.54, 1.807) is 11.0 Å². The molecule has 0 saturated heterocycles. The van der Waals surface area contributed by atoms with Gasteiger partial charge in [0.15, 0.2) is 0 Å². The third-order valence-electron chi connectivity index (χ3n) is 3.15. The van der Waals surface area contributed by atoms with E-state index in [9.17, 15) is 9.18 Å². The van der Waals surface area contributed by atoms with E-state index in [1.165, 1.54) is 12.1 Å². The Balaban J connectivity index is 2.25. The molecule has 0 spiro atoms. The van der Waals surface area contributed by atoms with Crippen LogP contribution in [0.5, 0.6) is 0 Å². The molecule has 0 radical (unpaired) electrons. The molecule has 0 bridgehead atoms. The van der Waals surface area contributed by atoms with Crippen molar-refractivity contribution in [3.05, 3.63) is 63.6 Å². The first-order chi connectivity index (χ1) is 10.0. The molecule has 0 aliphatic carbocycles. The van der Waals surface area contributed by atoms with E-state index in [-0.39, 0.29) is 10.4 Å². The Morgan fingerprint density at radius 1 is 1.29 bits per heavy atom. The van der Waals surface area contributed by atoms with Crippen LogP contribution in [0.2, 0.25) is 0 Å². The number of aromatic nitrogens is 1. The van der Waals surface area contributed by atoms with Gasteiger partial charge in [-0.25, -0.2) is 4.39 Å². The van der Waals surface area contributed by atoms with Gasteiger partial charge in [-0.2, -0.15) is 0 Å². The van der Waals surface area contributed by atoms with E-state index in [1.807, 2.05) is 32.0 Å². The fourth-order valence-electron chi connectivity index (χ4n) is 2.05. The van der Waals surface area contributed by atoms with Gasteiger partial charge in [0.2, 0.25) is 0 Å². The average molecular weight is 351 g/mol. The molecule has 0 N–H and O–H groups in total. The summed E-state index contributed by atoms with van der Waals surface area (Å²) in [6, 6.07) is 10.2. The molecule has 1 aromatic carbocycles. The van der Waals surface area contributed by atoms with Crippen molar-refractivity contribution in [3.8, 4) is 0 Å². The number of nitrogens with zero attached hydrogens (tertiary/aromatic N) is 2. The fraction of sp³-hybridized carbons (Fsp3) is 0.250. The van der Waals surface area contributed by atoms with Crippen molar-refractivity contribution in [2.45, 2.75) is 20.4 Å². The number of carbonyl (C=O) groups excluding carboxylic acids is 1. The molecule has 21 heavy (non-hydrogen) atoms. The summed E-state index contributed by atoms with van der Waals surface area (Å²) in [6.45, 7) is 4.73. The van der Waals surface area contributed by atoms with Crippen molar-refractivity contribution in [2.24, 2.45) is 0 Å². The number of carbonyl (C=O) groups is 1. The van der Waals surface area contributed by atoms with Crippen LogP contribution in [-0.2, 0) is 6.54 Å². The van der Waals surface area contributed by atoms with Crippen molar-refractivity contribution in [1.82, 2.24) is 9.88 Å². The summed E-state index contributed by atoms with van der Waals surface area (Å²) in [6.07, 6.45) is 0. The minimum absolute atomic E-state index is 0.200. The van der Waals surface area contributed by atoms with Gasteiger partial charge in [-0.1, -0.05) is 12.1 Å². The van der Waals surface area contributed by atoms with Crippen LogP contribution in [0.15, 0.2) is 40.9 Å². The largest absolute Gasteiger partial charge is 0.333 e. The molecule has 2 aromatic rings. The zero-order chi connectivity index (χ0) is 15.4. The second kappa shape index (κ2) is 6.80. The van der Waals surface area contributed by atoms with Gasteiger partial charge in [-0.3, -0.25) is 9.78 Å². The standard InChI is InChI=1S/C16H16BrFN2O/c1-3-20(10-12-7-4-6-11(2)19-12)16(21)13-8-5-9-14(18)15(13)17/h4-9H,3,10H2,1-2H3. The summed E-state index contributed by atoms with van der Waals surface area (Å²) in [5.74, 6) is -0.655. The lowest BCUT2D eigenvalue weighted by atomic mass is 10.2. The van der Waals surface area contributed by atoms with Crippen LogP contribution in [0, 0.1) is 12.7 Å². The number of aryl methyl sites for hydroxylation is 1. The minimum Gasteiger partial charge on any atom is -0.333 e. The van der Waals surface area contributed by atoms with Crippen molar-refractivity contribution in [1.29, 1.82) is 0 Å². The Morgan fingerprint density at radius 2 is 2.00 bits per heavy atom. The molecule has 0 aliphatic heterocycles. The maximum atomic E-state index is 13.6. The first kappa shape index (κ1) is 15.6. The van der Waals surface area contributed by atoms with Crippen LogP contribution in [0.3, 0.4) is 0 Å². The Kier molecular flexibility index (Phi) is 5.07. The lowest BCUT2D eigenvalue weighted by Gasteiger charge is -2.21. The lowest BCUT2D eigenvalue weighted by molar-refractivity contribution is 0.0749. The molecule has 2 rings (SSSR count). The van der Waals surface area contributed by atoms with Gasteiger partial charge in [0.25, 0.3) is 5.91 Å². The van der Waals surface area contributed by atoms with E-state index in [0.717, 1.165) is 11.4 Å². The van der Waals surface area contributed by atoms with Crippen molar-refractivity contribution < 1.29 is 9.18 Å². The molecule has 0 unspecified atom stereocenters. The quantitative estimate of drug-likeness (QED) is 0.836. The first-order valence-corrected chi connectivity index (χ1v) is 7.48. The molecule has 1 heterocycles. The summed E-state index contributed by atoms with van der Waals surface area (Å²) >= 11 is 3.14. The number of hydrogen-bond acceptors (Lipinski definition) is 2. The van der Waals surface area contributed by atoms with E-state index >= 15 is 0 Å². The van der Waals surface area contributed by atoms with Crippen LogP contribution in [0.1, 0.15) is 28.7 Å². The molecule has 1 amide bonds. The number of rotatable bonds is 4. The van der Waals surface area contributed by atoms with Crippen LogP contribution >= 0.6 is 15.9 Å². The second-order valence-corrected chi connectivity index (χ2v) is 5.48. The molecule has 5 heteroatoms. The SMILES string of the molecule is CCN(Cc1cccc(C)n1)C(=O)c1cccc(F)c1Br. The zero-order valence-corrected chi connectivity index (χ0v) is 13.5. The number of halogens is 2. The number of hydrogen-bond donors (Lipinski definition) is 0. The molecular weight excluding hydrogens is 335 g/mol. The summed E-state index contributed by atoms with van der Waals surface area (Å²) in [7, 11) is 0. The van der Waals surface area contributed by atoms with Gasteiger partial charge in [0, 0.05) is 12.2 Å². The Morgan fingerprint density at radius 3 is 2.67 bits per heavy atom. The molecule has 1 aromatic heterocycles. The first-order valence-electron chi connectivity index (χ1n) is 6.68. The summed E-state index contributed by atoms with van der Waals surface area (Å²) < 4.78 is 13.8. The van der Waals surface area contributed by atoms with Gasteiger partial charge >= 0.3 is 0 Å². The van der Waals surface area contributed by atoms with Gasteiger partial charge in [-0.15, -0.1) is 0 Å². The van der Waals surface area contributed by atoms with Gasteiger partial charge in [0.05, 0.1) is 22.3 Å². The van der Waals surface area contributed by atoms with Crippen LogP contribution in [0.4, 0.5) is 4.39 Å². The van der Waals surface area contributed by atoms with E-state index in [2.05, 4.69) is 20.9 Å². The monoisotopic (exact) mass is 350 g/mol. The summed E-state index contributed by atoms with van der Waals surface area (Å²) in [5.41, 5.74) is 2.05. The number of benzene rings is 1. The van der Waals surface area contributed by atoms with E-state index in [4.69, 9.17) is 0 Å². The lowest BCUT2D eigenvalue weighted by Crippen LogP contribution is -2.31. The van der Waals surface area contributed by atoms with Crippen LogP contribution < -0.4 is 0 Å². The smallest absolute Gasteiger partial charge is 0.255 e. The highest BCUT2D eigenvalue weighted by Crippen LogP contribution is 2.22. The Bertz CT molecular complexity index is 660. The van der Waals surface area contributed by atoms with Gasteiger partial charge in [-0.05, 0) is 54.0 Å². The van der Waals surface area contributed by atoms with E-state index in [0.29, 0.717) is 18.7 Å². The molecule has 0 saturated carbocycles. The molecule has 3 nitrogen and oxygen atoms in total. The minimum atomic E-state index is -0.439. The zero-order valence-electron chi connectivity index (χ0n) is 11.9. The summed E-state index contributed by atoms with van der Waals surface area (Å²) in [4.78, 5) is 18.6. The maximum Gasteiger partial charge on any atom is 0.255 e. The predicted octanol–water partition coefficient (Wildman–Crippen LogP) is 3.95.